The van der Waals surface area contributed by atoms with Crippen LogP contribution in [0, 0.1) is 11.3 Å². The smallest absolute Gasteiger partial charge is 0.238 e. The molecule has 12 heteroatoms. The third-order valence-corrected chi connectivity index (χ3v) is 6.66. The van der Waals surface area contributed by atoms with E-state index >= 15 is 0 Å². The molecule has 158 valence electrons. The number of amides is 1. The standard InChI is InChI=1S/C19H16N6O4S2/c1-10(26)25-6-2-3-13-17(25)15(7-11(9-20)18(13)27)23-24-19-22-14-5-4-12(31(21,28)29)8-16(14)30-19/h4-5,7-8,27H,2-3,6H2,1H3,(H2,21,28,29)/b24-23+. The summed E-state index contributed by atoms with van der Waals surface area (Å²) >= 11 is 1.12. The van der Waals surface area contributed by atoms with Crippen LogP contribution in [0.15, 0.2) is 39.4 Å². The molecule has 0 saturated heterocycles. The molecule has 0 bridgehead atoms. The number of carbonyl (C=O) groups is 1. The van der Waals surface area contributed by atoms with Gasteiger partial charge in [-0.05, 0) is 37.1 Å². The van der Waals surface area contributed by atoms with Crippen molar-refractivity contribution in [2.45, 2.75) is 24.7 Å². The lowest BCUT2D eigenvalue weighted by Crippen LogP contribution is -2.33. The Morgan fingerprint density at radius 3 is 2.81 bits per heavy atom. The zero-order chi connectivity index (χ0) is 22.3. The second kappa shape index (κ2) is 7.69. The molecule has 1 aliphatic rings. The fourth-order valence-electron chi connectivity index (χ4n) is 3.45. The number of anilines is 1. The molecule has 2 aromatic carbocycles. The molecule has 1 amide bonds. The lowest BCUT2D eigenvalue weighted by atomic mass is 9.96. The molecule has 0 fully saturated rings. The van der Waals surface area contributed by atoms with Gasteiger partial charge in [0, 0.05) is 19.0 Å². The lowest BCUT2D eigenvalue weighted by Gasteiger charge is -2.30. The van der Waals surface area contributed by atoms with Crippen molar-refractivity contribution in [1.82, 2.24) is 4.98 Å². The number of hydrogen-bond donors (Lipinski definition) is 2. The number of hydrogen-bond acceptors (Lipinski definition) is 9. The van der Waals surface area contributed by atoms with E-state index in [9.17, 15) is 23.6 Å². The number of rotatable bonds is 3. The number of fused-ring (bicyclic) bond motifs is 2. The first-order chi connectivity index (χ1) is 14.7. The van der Waals surface area contributed by atoms with Crippen molar-refractivity contribution in [2.24, 2.45) is 15.4 Å². The van der Waals surface area contributed by atoms with E-state index in [0.717, 1.165) is 11.3 Å². The molecule has 3 N–H and O–H groups in total. The van der Waals surface area contributed by atoms with Crippen LogP contribution in [0.3, 0.4) is 0 Å². The molecule has 0 saturated carbocycles. The minimum Gasteiger partial charge on any atom is -0.506 e. The van der Waals surface area contributed by atoms with Gasteiger partial charge >= 0.3 is 0 Å². The van der Waals surface area contributed by atoms with Gasteiger partial charge < -0.3 is 10.0 Å². The molecule has 1 aromatic heterocycles. The van der Waals surface area contributed by atoms with Gasteiger partial charge in [0.2, 0.25) is 21.1 Å². The third-order valence-electron chi connectivity index (χ3n) is 4.85. The second-order valence-corrected chi connectivity index (χ2v) is 9.45. The highest BCUT2D eigenvalue weighted by Crippen LogP contribution is 2.44. The predicted octanol–water partition coefficient (Wildman–Crippen LogP) is 3.24. The van der Waals surface area contributed by atoms with E-state index in [1.165, 1.54) is 36.1 Å². The number of phenolic OH excluding ortho intramolecular Hbond substituents is 1. The number of sulfonamides is 1. The van der Waals surface area contributed by atoms with Crippen LogP contribution < -0.4 is 10.0 Å². The van der Waals surface area contributed by atoms with E-state index < -0.39 is 10.0 Å². The molecule has 0 radical (unpaired) electrons. The van der Waals surface area contributed by atoms with Gasteiger partial charge in [-0.2, -0.15) is 5.26 Å². The number of phenols is 1. The molecule has 0 atom stereocenters. The average Bonchev–Trinajstić information content (AvgIpc) is 3.14. The lowest BCUT2D eigenvalue weighted by molar-refractivity contribution is -0.116. The largest absolute Gasteiger partial charge is 0.506 e. The summed E-state index contributed by atoms with van der Waals surface area (Å²) in [5.74, 6) is -0.366. The third kappa shape index (κ3) is 3.86. The number of aromatic nitrogens is 1. The number of aromatic hydroxyl groups is 1. The quantitative estimate of drug-likeness (QED) is 0.575. The number of nitrogens with two attached hydrogens (primary N) is 1. The molecule has 4 rings (SSSR count). The average molecular weight is 457 g/mol. The van der Waals surface area contributed by atoms with Crippen LogP contribution in [-0.2, 0) is 21.2 Å². The molecule has 3 aromatic rings. The van der Waals surface area contributed by atoms with E-state index in [2.05, 4.69) is 15.2 Å². The van der Waals surface area contributed by atoms with Gasteiger partial charge in [-0.1, -0.05) is 11.3 Å². The van der Waals surface area contributed by atoms with Crippen LogP contribution in [0.5, 0.6) is 5.75 Å². The van der Waals surface area contributed by atoms with Crippen LogP contribution >= 0.6 is 11.3 Å². The van der Waals surface area contributed by atoms with Crippen molar-refractivity contribution in [3.63, 3.8) is 0 Å². The Balaban J connectivity index is 1.80. The topological polar surface area (TPSA) is 162 Å². The minimum absolute atomic E-state index is 0.0319. The first kappa shape index (κ1) is 20.9. The Kier molecular flexibility index (Phi) is 5.18. The fourth-order valence-corrected chi connectivity index (χ4v) is 4.89. The van der Waals surface area contributed by atoms with Crippen LogP contribution in [0.25, 0.3) is 10.2 Å². The van der Waals surface area contributed by atoms with Crippen LogP contribution in [-0.4, -0.2) is 31.0 Å². The Morgan fingerprint density at radius 2 is 2.13 bits per heavy atom. The maximum atomic E-state index is 12.1. The van der Waals surface area contributed by atoms with E-state index in [1.807, 2.05) is 6.07 Å². The van der Waals surface area contributed by atoms with Gasteiger partial charge in [-0.25, -0.2) is 18.5 Å². The summed E-state index contributed by atoms with van der Waals surface area (Å²) in [7, 11) is -3.84. The number of primary sulfonamides is 1. The molecule has 10 nitrogen and oxygen atoms in total. The van der Waals surface area contributed by atoms with E-state index in [-0.39, 0.29) is 32.9 Å². The normalized spacial score (nSPS) is 14.0. The maximum Gasteiger partial charge on any atom is 0.238 e. The van der Waals surface area contributed by atoms with Crippen molar-refractivity contribution in [2.75, 3.05) is 11.4 Å². The summed E-state index contributed by atoms with van der Waals surface area (Å²) in [5.41, 5.74) is 1.75. The van der Waals surface area contributed by atoms with Crippen molar-refractivity contribution in [1.29, 1.82) is 5.26 Å². The number of thiazole rings is 1. The molecule has 0 spiro atoms. The van der Waals surface area contributed by atoms with Gasteiger partial charge in [0.05, 0.1) is 26.4 Å². The minimum atomic E-state index is -3.84. The highest BCUT2D eigenvalue weighted by Gasteiger charge is 2.28. The van der Waals surface area contributed by atoms with Gasteiger partial charge in [-0.3, -0.25) is 4.79 Å². The fraction of sp³-hybridized carbons (Fsp3) is 0.211. The summed E-state index contributed by atoms with van der Waals surface area (Å²) in [4.78, 5) is 17.9. The maximum absolute atomic E-state index is 12.1. The Labute approximate surface area is 181 Å². The summed E-state index contributed by atoms with van der Waals surface area (Å²) in [6.45, 7) is 1.88. The number of nitrogens with zero attached hydrogens (tertiary/aromatic N) is 5. The number of nitriles is 1. The number of azo groups is 1. The summed E-state index contributed by atoms with van der Waals surface area (Å²) < 4.78 is 23.7. The molecular formula is C19H16N6O4S2. The molecule has 31 heavy (non-hydrogen) atoms. The van der Waals surface area contributed by atoms with Crippen molar-refractivity contribution < 1.29 is 18.3 Å². The van der Waals surface area contributed by atoms with Crippen molar-refractivity contribution >= 4 is 54.0 Å². The van der Waals surface area contributed by atoms with Gasteiger partial charge in [0.25, 0.3) is 0 Å². The predicted molar refractivity (Wildman–Crippen MR) is 114 cm³/mol. The van der Waals surface area contributed by atoms with Crippen LogP contribution in [0.2, 0.25) is 0 Å². The van der Waals surface area contributed by atoms with Crippen LogP contribution in [0.1, 0.15) is 24.5 Å². The highest BCUT2D eigenvalue weighted by atomic mass is 32.2. The van der Waals surface area contributed by atoms with E-state index in [0.29, 0.717) is 40.9 Å². The summed E-state index contributed by atoms with van der Waals surface area (Å²) in [6.07, 6.45) is 1.15. The molecule has 2 heterocycles. The monoisotopic (exact) mass is 456 g/mol. The van der Waals surface area contributed by atoms with E-state index in [1.54, 1.807) is 0 Å². The van der Waals surface area contributed by atoms with Crippen molar-refractivity contribution in [3.05, 3.63) is 35.4 Å². The van der Waals surface area contributed by atoms with Gasteiger partial charge in [0.15, 0.2) is 0 Å². The Morgan fingerprint density at radius 1 is 1.35 bits per heavy atom. The van der Waals surface area contributed by atoms with Crippen molar-refractivity contribution in [3.8, 4) is 11.8 Å². The van der Waals surface area contributed by atoms with Gasteiger partial charge in [-0.15, -0.1) is 10.2 Å². The van der Waals surface area contributed by atoms with Gasteiger partial charge in [0.1, 0.15) is 17.5 Å². The highest BCUT2D eigenvalue weighted by molar-refractivity contribution is 7.89. The molecule has 0 aliphatic carbocycles. The zero-order valence-corrected chi connectivity index (χ0v) is 17.9. The summed E-state index contributed by atoms with van der Waals surface area (Å²) in [5, 5.41) is 33.6. The Hall–Kier alpha value is -3.40. The molecular weight excluding hydrogens is 440 g/mol. The number of benzene rings is 2. The first-order valence-corrected chi connectivity index (χ1v) is 11.5. The Bertz CT molecular complexity index is 1400. The number of carbonyl (C=O) groups excluding carboxylic acids is 1. The second-order valence-electron chi connectivity index (χ2n) is 6.88. The van der Waals surface area contributed by atoms with E-state index in [4.69, 9.17) is 5.14 Å². The molecule has 1 aliphatic heterocycles. The summed E-state index contributed by atoms with van der Waals surface area (Å²) in [6, 6.07) is 7.61. The van der Waals surface area contributed by atoms with Crippen LogP contribution in [0.4, 0.5) is 16.5 Å². The molecule has 0 unspecified atom stereocenters. The zero-order valence-electron chi connectivity index (χ0n) is 16.2. The first-order valence-electron chi connectivity index (χ1n) is 9.11. The SMILES string of the molecule is CC(=O)N1CCCc2c(O)c(C#N)cc(/N=N/c3nc4ccc(S(N)(=O)=O)cc4s3)c21.